The first-order chi connectivity index (χ1) is 13.8. The summed E-state index contributed by atoms with van der Waals surface area (Å²) in [5.74, 6) is 0.0250. The summed E-state index contributed by atoms with van der Waals surface area (Å²) >= 11 is 1.39. The first-order valence-corrected chi connectivity index (χ1v) is 11.9. The molecule has 1 atom stereocenters. The van der Waals surface area contributed by atoms with Gasteiger partial charge in [0, 0.05) is 19.4 Å². The van der Waals surface area contributed by atoms with Crippen LogP contribution in [0.2, 0.25) is 0 Å². The highest BCUT2D eigenvalue weighted by molar-refractivity contribution is 7.89. The molecule has 3 N–H and O–H groups in total. The number of nitrogens with zero attached hydrogens (tertiary/aromatic N) is 2. The van der Waals surface area contributed by atoms with Gasteiger partial charge in [-0.2, -0.15) is 4.31 Å². The molecular weight excluding hydrogens is 406 g/mol. The largest absolute Gasteiger partial charge is 0.374 e. The van der Waals surface area contributed by atoms with Crippen LogP contribution in [0, 0.1) is 5.92 Å². The van der Waals surface area contributed by atoms with E-state index < -0.39 is 15.7 Å². The number of hydrogen-bond donors (Lipinski definition) is 2. The Balaban J connectivity index is 2.07. The van der Waals surface area contributed by atoms with E-state index in [4.69, 9.17) is 5.73 Å². The molecule has 2 aromatic carbocycles. The van der Waals surface area contributed by atoms with Crippen molar-refractivity contribution in [3.05, 3.63) is 59.6 Å². The number of hydrogen-bond acceptors (Lipinski definition) is 6. The maximum atomic E-state index is 13.7. The minimum atomic E-state index is -3.96. The van der Waals surface area contributed by atoms with Gasteiger partial charge in [0.1, 0.15) is 5.72 Å². The Morgan fingerprint density at radius 2 is 1.93 bits per heavy atom. The Morgan fingerprint density at radius 3 is 2.59 bits per heavy atom. The smallest absolute Gasteiger partial charge is 0.245 e. The van der Waals surface area contributed by atoms with Crippen molar-refractivity contribution in [2.45, 2.75) is 37.3 Å². The van der Waals surface area contributed by atoms with Gasteiger partial charge in [-0.3, -0.25) is 0 Å². The van der Waals surface area contributed by atoms with E-state index in [0.717, 1.165) is 15.8 Å². The van der Waals surface area contributed by atoms with E-state index in [0.29, 0.717) is 0 Å². The van der Waals surface area contributed by atoms with Crippen molar-refractivity contribution >= 4 is 31.6 Å². The van der Waals surface area contributed by atoms with Crippen LogP contribution in [-0.4, -0.2) is 41.6 Å². The summed E-state index contributed by atoms with van der Waals surface area (Å²) in [6.45, 7) is 4.22. The molecule has 0 fully saturated rings. The quantitative estimate of drug-likeness (QED) is 0.505. The van der Waals surface area contributed by atoms with Gasteiger partial charge >= 0.3 is 0 Å². The summed E-state index contributed by atoms with van der Waals surface area (Å²) in [5, 5.41) is 11.6. The van der Waals surface area contributed by atoms with Crippen LogP contribution in [0.4, 0.5) is 0 Å². The van der Waals surface area contributed by atoms with Gasteiger partial charge in [-0.15, -0.1) is 11.3 Å². The van der Waals surface area contributed by atoms with Crippen molar-refractivity contribution in [1.82, 2.24) is 9.29 Å². The van der Waals surface area contributed by atoms with Crippen LogP contribution in [-0.2, 0) is 16.4 Å². The van der Waals surface area contributed by atoms with Crippen LogP contribution >= 0.6 is 11.3 Å². The van der Waals surface area contributed by atoms with Gasteiger partial charge in [0.15, 0.2) is 0 Å². The molecule has 1 unspecified atom stereocenters. The van der Waals surface area contributed by atoms with E-state index in [2.05, 4.69) is 4.98 Å². The molecule has 1 aromatic heterocycles. The molecule has 29 heavy (non-hydrogen) atoms. The third kappa shape index (κ3) is 4.84. The topological polar surface area (TPSA) is 96.5 Å². The summed E-state index contributed by atoms with van der Waals surface area (Å²) in [4.78, 5) is 4.36. The van der Waals surface area contributed by atoms with Gasteiger partial charge in [-0.05, 0) is 36.2 Å². The van der Waals surface area contributed by atoms with Crippen molar-refractivity contribution in [1.29, 1.82) is 0 Å². The number of benzene rings is 2. The zero-order valence-corrected chi connectivity index (χ0v) is 18.3. The fourth-order valence-electron chi connectivity index (χ4n) is 3.40. The lowest BCUT2D eigenvalue weighted by Gasteiger charge is -2.40. The molecule has 3 aromatic rings. The van der Waals surface area contributed by atoms with Crippen molar-refractivity contribution in [3.8, 4) is 0 Å². The predicted molar refractivity (Wildman–Crippen MR) is 117 cm³/mol. The Hall–Kier alpha value is -1.84. The van der Waals surface area contributed by atoms with Crippen molar-refractivity contribution in [3.63, 3.8) is 0 Å². The minimum Gasteiger partial charge on any atom is -0.374 e. The minimum absolute atomic E-state index is 0.0250. The molecule has 1 heterocycles. The fourth-order valence-corrected chi connectivity index (χ4v) is 6.05. The van der Waals surface area contributed by atoms with Crippen molar-refractivity contribution in [2.24, 2.45) is 11.7 Å². The van der Waals surface area contributed by atoms with Crippen LogP contribution in [0.3, 0.4) is 0 Å². The highest BCUT2D eigenvalue weighted by Gasteiger charge is 2.42. The second kappa shape index (κ2) is 8.89. The van der Waals surface area contributed by atoms with Crippen LogP contribution in [0.5, 0.6) is 0 Å². The molecular formula is C21H27N3O3S2. The van der Waals surface area contributed by atoms with E-state index >= 15 is 0 Å². The third-order valence-electron chi connectivity index (χ3n) is 4.76. The average molecular weight is 434 g/mol. The lowest BCUT2D eigenvalue weighted by molar-refractivity contribution is -0.0690. The van der Waals surface area contributed by atoms with Gasteiger partial charge in [-0.25, -0.2) is 13.4 Å². The molecule has 6 nitrogen and oxygen atoms in total. The number of aromatic nitrogens is 1. The van der Waals surface area contributed by atoms with Crippen LogP contribution < -0.4 is 5.73 Å². The summed E-state index contributed by atoms with van der Waals surface area (Å²) < 4.78 is 29.3. The van der Waals surface area contributed by atoms with E-state index in [-0.39, 0.29) is 36.7 Å². The monoisotopic (exact) mass is 433 g/mol. The molecule has 0 aliphatic heterocycles. The fraction of sp³-hybridized carbons (Fsp3) is 0.381. The summed E-state index contributed by atoms with van der Waals surface area (Å²) in [7, 11) is -3.96. The van der Waals surface area contributed by atoms with Crippen LogP contribution in [0.15, 0.2) is 58.9 Å². The van der Waals surface area contributed by atoms with Gasteiger partial charge in [0.05, 0.1) is 20.6 Å². The van der Waals surface area contributed by atoms with Gasteiger partial charge in [0.2, 0.25) is 10.0 Å². The highest BCUT2D eigenvalue weighted by Crippen LogP contribution is 2.31. The zero-order chi connectivity index (χ0) is 21.1. The van der Waals surface area contributed by atoms with Crippen LogP contribution in [0.1, 0.15) is 25.8 Å². The number of nitrogens with two attached hydrogens (primary N) is 1. The number of rotatable bonds is 9. The van der Waals surface area contributed by atoms with E-state index in [1.807, 2.05) is 44.2 Å². The lowest BCUT2D eigenvalue weighted by Crippen LogP contribution is -2.55. The third-order valence-corrected chi connectivity index (χ3v) is 7.47. The number of sulfonamides is 1. The molecule has 0 radical (unpaired) electrons. The van der Waals surface area contributed by atoms with E-state index in [1.54, 1.807) is 23.7 Å². The Bertz CT molecular complexity index is 1050. The first kappa shape index (κ1) is 21.9. The van der Waals surface area contributed by atoms with Crippen molar-refractivity contribution in [2.75, 3.05) is 13.1 Å². The number of thiazole rings is 1. The van der Waals surface area contributed by atoms with Gasteiger partial charge < -0.3 is 10.8 Å². The second-order valence-electron chi connectivity index (χ2n) is 7.60. The zero-order valence-electron chi connectivity index (χ0n) is 16.7. The Labute approximate surface area is 176 Å². The van der Waals surface area contributed by atoms with E-state index in [9.17, 15) is 13.5 Å². The maximum Gasteiger partial charge on any atom is 0.245 e. The summed E-state index contributed by atoms with van der Waals surface area (Å²) in [5.41, 5.74) is 7.46. The standard InChI is InChI=1S/C21H27N3O3S2/c1-16(2)14-24(21(25,10-11-22)13-17-6-4-3-5-7-17)29(26,27)18-8-9-19-20(12-18)28-15-23-19/h3-9,12,15-16,25H,10-11,13-14,22H2,1-2H3. The molecule has 0 aliphatic carbocycles. The number of fused-ring (bicyclic) bond motifs is 1. The Kier molecular flexibility index (Phi) is 6.70. The SMILES string of the molecule is CC(C)CN(C(O)(CCN)Cc1ccccc1)S(=O)(=O)c1ccc2ncsc2c1. The lowest BCUT2D eigenvalue weighted by atomic mass is 9.98. The molecule has 0 saturated heterocycles. The van der Waals surface area contributed by atoms with Crippen molar-refractivity contribution < 1.29 is 13.5 Å². The first-order valence-electron chi connectivity index (χ1n) is 9.59. The molecule has 8 heteroatoms. The maximum absolute atomic E-state index is 13.7. The predicted octanol–water partition coefficient (Wildman–Crippen LogP) is 3.22. The molecule has 0 saturated carbocycles. The van der Waals surface area contributed by atoms with Crippen LogP contribution in [0.25, 0.3) is 10.2 Å². The van der Waals surface area contributed by atoms with Gasteiger partial charge in [-0.1, -0.05) is 44.2 Å². The van der Waals surface area contributed by atoms with Gasteiger partial charge in [0.25, 0.3) is 0 Å². The molecule has 3 rings (SSSR count). The molecule has 0 aliphatic rings. The Morgan fingerprint density at radius 1 is 1.21 bits per heavy atom. The average Bonchev–Trinajstić information content (AvgIpc) is 3.14. The normalized spacial score (nSPS) is 14.6. The molecule has 156 valence electrons. The molecule has 0 bridgehead atoms. The number of aliphatic hydroxyl groups is 1. The second-order valence-corrected chi connectivity index (χ2v) is 10.3. The summed E-state index contributed by atoms with van der Waals surface area (Å²) in [6, 6.07) is 14.3. The molecule has 0 amide bonds. The summed E-state index contributed by atoms with van der Waals surface area (Å²) in [6.07, 6.45) is 0.302. The van der Waals surface area contributed by atoms with E-state index in [1.165, 1.54) is 15.6 Å². The highest BCUT2D eigenvalue weighted by atomic mass is 32.2. The molecule has 0 spiro atoms.